The fourth-order valence-electron chi connectivity index (χ4n) is 7.50. The Morgan fingerprint density at radius 3 is 1.46 bits per heavy atom. The highest BCUT2D eigenvalue weighted by atomic mass is 16.2. The summed E-state index contributed by atoms with van der Waals surface area (Å²) in [5.74, 6) is -3.06. The van der Waals surface area contributed by atoms with Crippen molar-refractivity contribution in [3.8, 4) is 22.3 Å². The van der Waals surface area contributed by atoms with Crippen LogP contribution >= 0.6 is 0 Å². The average molecular weight is 888 g/mol. The van der Waals surface area contributed by atoms with Crippen LogP contribution in [-0.2, 0) is 44.9 Å². The predicted molar refractivity (Wildman–Crippen MR) is 260 cm³/mol. The van der Waals surface area contributed by atoms with Crippen molar-refractivity contribution < 1.29 is 19.2 Å². The molecular weight excluding hydrogens is 819 g/mol. The first-order valence-corrected chi connectivity index (χ1v) is 22.7. The molecule has 4 atom stereocenters. The minimum atomic E-state index is -1.19. The van der Waals surface area contributed by atoms with E-state index < -0.39 is 47.8 Å². The summed E-state index contributed by atoms with van der Waals surface area (Å²) < 4.78 is 0. The summed E-state index contributed by atoms with van der Waals surface area (Å²) in [6, 6.07) is 27.9. The van der Waals surface area contributed by atoms with Gasteiger partial charge in [-0.1, -0.05) is 124 Å². The topological polar surface area (TPSA) is 280 Å². The second kappa shape index (κ2) is 26.8. The van der Waals surface area contributed by atoms with Gasteiger partial charge in [-0.15, -0.1) is 0 Å². The van der Waals surface area contributed by atoms with Gasteiger partial charge in [0.1, 0.15) is 18.1 Å². The number of unbranched alkanes of at least 4 members (excludes halogenated alkanes) is 2. The Hall–Kier alpha value is -6.74. The van der Waals surface area contributed by atoms with Gasteiger partial charge in [-0.25, -0.2) is 0 Å². The molecule has 4 aromatic carbocycles. The Labute approximate surface area is 383 Å². The van der Waals surface area contributed by atoms with Crippen LogP contribution in [0.5, 0.6) is 0 Å². The smallest absolute Gasteiger partial charge is 0.243 e. The number of aryl methyl sites for hydroxylation is 2. The maximum atomic E-state index is 14.2. The molecular formula is C50H69N11O4. The Balaban J connectivity index is 1.57. The van der Waals surface area contributed by atoms with Gasteiger partial charge >= 0.3 is 0 Å². The van der Waals surface area contributed by atoms with Crippen molar-refractivity contribution in [2.75, 3.05) is 13.1 Å². The first kappa shape index (κ1) is 50.9. The van der Waals surface area contributed by atoms with Gasteiger partial charge in [0.25, 0.3) is 0 Å². The highest BCUT2D eigenvalue weighted by molar-refractivity contribution is 5.95. The van der Waals surface area contributed by atoms with E-state index in [1.54, 1.807) is 0 Å². The van der Waals surface area contributed by atoms with Crippen LogP contribution in [0.25, 0.3) is 22.3 Å². The number of nitrogens with two attached hydrogens (primary N) is 4. The van der Waals surface area contributed by atoms with Crippen molar-refractivity contribution in [3.63, 3.8) is 0 Å². The standard InChI is InChI=1S/C50H69N11O4/c1-3-5-12-35-28-36(13-6-4-2)30-40(29-35)39-24-20-34(21-25-39)32-44(48(65)59-42(45(52)62)16-10-26-57-49(53)54)61-47(64)43(17-11-27-58-50(55)56)60-46(63)41(51)31-33-18-22-38(23-19-33)37-14-8-7-9-15-37/h7-9,14-15,18-25,28-30,41-44H,3-6,10-13,16-17,26-27,31-32,51H2,1-2H3,(H2,52,62)(H,59,65)(H,60,63)(H,61,64)(H4,53,54,57)(H4,55,56,58)/t41-,42-,43-,44-/m0/s1. The Kier molecular flexibility index (Phi) is 21.0. The van der Waals surface area contributed by atoms with Crippen molar-refractivity contribution >= 4 is 35.5 Å². The van der Waals surface area contributed by atoms with Gasteiger partial charge in [0, 0.05) is 19.5 Å². The molecule has 0 saturated carbocycles. The van der Waals surface area contributed by atoms with Crippen molar-refractivity contribution in [2.45, 2.75) is 115 Å². The number of amides is 4. The van der Waals surface area contributed by atoms with Crippen LogP contribution in [0.3, 0.4) is 0 Å². The van der Waals surface area contributed by atoms with Crippen molar-refractivity contribution in [3.05, 3.63) is 119 Å². The molecule has 0 aliphatic rings. The van der Waals surface area contributed by atoms with Gasteiger partial charge in [-0.2, -0.15) is 0 Å². The number of carbonyl (C=O) groups is 4. The summed E-state index contributed by atoms with van der Waals surface area (Å²) in [7, 11) is 0. The molecule has 4 aromatic rings. The minimum Gasteiger partial charge on any atom is -0.370 e. The lowest BCUT2D eigenvalue weighted by Gasteiger charge is -2.26. The predicted octanol–water partition coefficient (Wildman–Crippen LogP) is 4.28. The fourth-order valence-corrected chi connectivity index (χ4v) is 7.50. The summed E-state index contributed by atoms with van der Waals surface area (Å²) in [5, 5.41) is 28.7. The van der Waals surface area contributed by atoms with Gasteiger partial charge in [0.2, 0.25) is 23.6 Å². The van der Waals surface area contributed by atoms with Gasteiger partial charge in [0.05, 0.1) is 6.04 Å². The molecule has 15 nitrogen and oxygen atoms in total. The fraction of sp³-hybridized carbons (Fsp3) is 0.400. The molecule has 0 spiro atoms. The number of rotatable bonds is 27. The van der Waals surface area contributed by atoms with Crippen molar-refractivity contribution in [1.82, 2.24) is 26.6 Å². The summed E-state index contributed by atoms with van der Waals surface area (Å²) in [4.78, 5) is 54.6. The zero-order valence-corrected chi connectivity index (χ0v) is 37.9. The zero-order chi connectivity index (χ0) is 47.1. The summed E-state index contributed by atoms with van der Waals surface area (Å²) >= 11 is 0. The number of benzene rings is 4. The third kappa shape index (κ3) is 17.7. The van der Waals surface area contributed by atoms with Crippen LogP contribution in [0.2, 0.25) is 0 Å². The lowest BCUT2D eigenvalue weighted by molar-refractivity contribution is -0.133. The maximum Gasteiger partial charge on any atom is 0.243 e. The van der Waals surface area contributed by atoms with Crippen LogP contribution < -0.4 is 49.5 Å². The highest BCUT2D eigenvalue weighted by Crippen LogP contribution is 2.26. The van der Waals surface area contributed by atoms with Crippen LogP contribution in [0.15, 0.2) is 97.1 Å². The van der Waals surface area contributed by atoms with Crippen LogP contribution in [0, 0.1) is 10.8 Å². The van der Waals surface area contributed by atoms with Gasteiger partial charge in [-0.05, 0) is 102 Å². The second-order valence-corrected chi connectivity index (χ2v) is 16.6. The van der Waals surface area contributed by atoms with Crippen LogP contribution in [-0.4, -0.2) is 72.8 Å². The number of hydrogen-bond acceptors (Lipinski definition) is 7. The lowest BCUT2D eigenvalue weighted by atomic mass is 9.94. The molecule has 348 valence electrons. The highest BCUT2D eigenvalue weighted by Gasteiger charge is 2.30. The van der Waals surface area contributed by atoms with E-state index in [1.807, 2.05) is 78.9 Å². The maximum absolute atomic E-state index is 14.2. The van der Waals surface area contributed by atoms with Crippen molar-refractivity contribution in [1.29, 1.82) is 10.8 Å². The molecule has 0 radical (unpaired) electrons. The molecule has 0 saturated heterocycles. The molecule has 65 heavy (non-hydrogen) atoms. The van der Waals surface area contributed by atoms with E-state index >= 15 is 0 Å². The lowest BCUT2D eigenvalue weighted by Crippen LogP contribution is -2.58. The quantitative estimate of drug-likeness (QED) is 0.0231. The summed E-state index contributed by atoms with van der Waals surface area (Å²) in [6.07, 6.45) is 7.68. The molecule has 4 amide bonds. The van der Waals surface area contributed by atoms with E-state index in [2.05, 4.69) is 58.6 Å². The number of hydrogen-bond donors (Lipinski definition) is 11. The normalized spacial score (nSPS) is 12.8. The molecule has 0 aliphatic heterocycles. The Morgan fingerprint density at radius 1 is 0.508 bits per heavy atom. The third-order valence-corrected chi connectivity index (χ3v) is 11.2. The number of primary amides is 1. The van der Waals surface area contributed by atoms with Gasteiger partial charge in [-0.3, -0.25) is 30.0 Å². The zero-order valence-electron chi connectivity index (χ0n) is 37.9. The first-order chi connectivity index (χ1) is 31.3. The number of guanidine groups is 2. The second-order valence-electron chi connectivity index (χ2n) is 16.6. The third-order valence-electron chi connectivity index (χ3n) is 11.2. The van der Waals surface area contributed by atoms with E-state index in [0.29, 0.717) is 12.8 Å². The van der Waals surface area contributed by atoms with Crippen molar-refractivity contribution in [2.24, 2.45) is 22.9 Å². The molecule has 0 bridgehead atoms. The summed E-state index contributed by atoms with van der Waals surface area (Å²) in [5.41, 5.74) is 31.4. The molecule has 0 aromatic heterocycles. The molecule has 0 aliphatic carbocycles. The van der Waals surface area contributed by atoms with Gasteiger partial charge in [0.15, 0.2) is 11.9 Å². The monoisotopic (exact) mass is 888 g/mol. The number of nitrogens with one attached hydrogen (secondary N) is 7. The molecule has 15 heteroatoms. The van der Waals surface area contributed by atoms with Crippen LogP contribution in [0.1, 0.15) is 87.5 Å². The number of carbonyl (C=O) groups excluding carboxylic acids is 4. The minimum absolute atomic E-state index is 0.0541. The molecule has 0 heterocycles. The molecule has 15 N–H and O–H groups in total. The summed E-state index contributed by atoms with van der Waals surface area (Å²) in [6.45, 7) is 4.91. The SMILES string of the molecule is CCCCc1cc(CCCC)cc(-c2ccc(C[C@H](NC(=O)[C@H](CCCNC(=N)N)NC(=O)[C@@H](N)Cc3ccc(-c4ccccc4)cc3)C(=O)N[C@@H](CCCNC(=N)N)C(N)=O)cc2)c1. The Morgan fingerprint density at radius 2 is 0.954 bits per heavy atom. The molecule has 0 fully saturated rings. The molecule has 0 unspecified atom stereocenters. The van der Waals surface area contributed by atoms with E-state index in [-0.39, 0.29) is 50.7 Å². The van der Waals surface area contributed by atoms with Crippen LogP contribution in [0.4, 0.5) is 0 Å². The van der Waals surface area contributed by atoms with Gasteiger partial charge < -0.3 is 49.5 Å². The molecule has 4 rings (SSSR count). The van der Waals surface area contributed by atoms with E-state index in [1.165, 1.54) is 11.1 Å². The van der Waals surface area contributed by atoms with E-state index in [0.717, 1.165) is 71.9 Å². The Bertz CT molecular complexity index is 2140. The first-order valence-electron chi connectivity index (χ1n) is 22.7. The van der Waals surface area contributed by atoms with E-state index in [4.69, 9.17) is 33.8 Å². The van der Waals surface area contributed by atoms with E-state index in [9.17, 15) is 19.2 Å². The average Bonchev–Trinajstić information content (AvgIpc) is 3.29. The largest absolute Gasteiger partial charge is 0.370 e.